The Kier molecular flexibility index (Phi) is 52.5. The normalized spacial score (nSPS) is 13.3. The number of esters is 2. The van der Waals surface area contributed by atoms with Crippen molar-refractivity contribution >= 4 is 17.9 Å². The third-order valence-corrected chi connectivity index (χ3v) is 13.0. The fourth-order valence-corrected chi connectivity index (χ4v) is 8.37. The fourth-order valence-electron chi connectivity index (χ4n) is 8.37. The Balaban J connectivity index is 4.24. The van der Waals surface area contributed by atoms with Crippen LogP contribution in [-0.4, -0.2) is 87.4 Å². The van der Waals surface area contributed by atoms with Crippen LogP contribution in [0.2, 0.25) is 0 Å². The fraction of sp³-hybridized carbons (Fsp3) is 0.766. The van der Waals surface area contributed by atoms with E-state index in [-0.39, 0.29) is 32.2 Å². The molecular formula is C64H114NO8+. The highest BCUT2D eigenvalue weighted by Gasteiger charge is 2.25. The van der Waals surface area contributed by atoms with Crippen LogP contribution in [0, 0.1) is 0 Å². The predicted octanol–water partition coefficient (Wildman–Crippen LogP) is 17.8. The van der Waals surface area contributed by atoms with Crippen LogP contribution in [-0.2, 0) is 33.3 Å². The second-order valence-electron chi connectivity index (χ2n) is 21.3. The summed E-state index contributed by atoms with van der Waals surface area (Å²) in [5.41, 5.74) is 0. The summed E-state index contributed by atoms with van der Waals surface area (Å²) in [4.78, 5) is 37.4. The molecule has 0 saturated carbocycles. The van der Waals surface area contributed by atoms with Crippen molar-refractivity contribution in [3.8, 4) is 0 Å². The van der Waals surface area contributed by atoms with Crippen LogP contribution in [0.15, 0.2) is 72.9 Å². The van der Waals surface area contributed by atoms with Crippen molar-refractivity contribution in [3.63, 3.8) is 0 Å². The Morgan fingerprint density at radius 3 is 1.16 bits per heavy atom. The average Bonchev–Trinajstić information content (AvgIpc) is 3.36. The molecule has 0 aliphatic rings. The van der Waals surface area contributed by atoms with E-state index in [2.05, 4.69) is 86.8 Å². The zero-order valence-electron chi connectivity index (χ0n) is 48.0. The third kappa shape index (κ3) is 56.3. The number of carbonyl (C=O) groups excluding carboxylic acids is 2. The predicted molar refractivity (Wildman–Crippen MR) is 309 cm³/mol. The largest absolute Gasteiger partial charge is 0.477 e. The van der Waals surface area contributed by atoms with Crippen LogP contribution in [0.4, 0.5) is 0 Å². The Morgan fingerprint density at radius 1 is 0.425 bits per heavy atom. The van der Waals surface area contributed by atoms with Gasteiger partial charge >= 0.3 is 17.9 Å². The summed E-state index contributed by atoms with van der Waals surface area (Å²) in [5.74, 6) is -2.06. The van der Waals surface area contributed by atoms with Gasteiger partial charge < -0.3 is 28.5 Å². The van der Waals surface area contributed by atoms with Crippen LogP contribution >= 0.6 is 0 Å². The summed E-state index contributed by atoms with van der Waals surface area (Å²) in [6, 6.07) is 0. The van der Waals surface area contributed by atoms with Gasteiger partial charge in [-0.3, -0.25) is 9.59 Å². The summed E-state index contributed by atoms with van der Waals surface area (Å²) in [6.07, 6.45) is 68.6. The Morgan fingerprint density at radius 2 is 0.781 bits per heavy atom. The number of quaternary nitrogens is 1. The monoisotopic (exact) mass is 1020 g/mol. The number of carboxylic acids is 1. The molecule has 2 atom stereocenters. The van der Waals surface area contributed by atoms with Gasteiger partial charge in [-0.25, -0.2) is 4.79 Å². The maximum atomic E-state index is 12.9. The smallest absolute Gasteiger partial charge is 0.361 e. The molecular weight excluding hydrogens is 911 g/mol. The molecule has 9 heteroatoms. The van der Waals surface area contributed by atoms with Crippen LogP contribution in [0.5, 0.6) is 0 Å². The van der Waals surface area contributed by atoms with E-state index in [1.807, 2.05) is 21.1 Å². The first-order chi connectivity index (χ1) is 35.6. The van der Waals surface area contributed by atoms with Crippen molar-refractivity contribution in [2.24, 2.45) is 0 Å². The van der Waals surface area contributed by atoms with E-state index in [9.17, 15) is 19.5 Å². The molecule has 2 unspecified atom stereocenters. The lowest BCUT2D eigenvalue weighted by atomic mass is 10.0. The quantitative estimate of drug-likeness (QED) is 0.0211. The van der Waals surface area contributed by atoms with E-state index < -0.39 is 24.3 Å². The van der Waals surface area contributed by atoms with Crippen molar-refractivity contribution in [3.05, 3.63) is 72.9 Å². The second kappa shape index (κ2) is 55.0. The molecule has 0 radical (unpaired) electrons. The minimum absolute atomic E-state index is 0.177. The molecule has 0 bridgehead atoms. The molecule has 1 N–H and O–H groups in total. The molecule has 0 amide bonds. The molecule has 0 aliphatic carbocycles. The number of carboxylic acid groups (broad SMARTS) is 1. The topological polar surface area (TPSA) is 108 Å². The van der Waals surface area contributed by atoms with Gasteiger partial charge in [-0.05, 0) is 64.2 Å². The van der Waals surface area contributed by atoms with Gasteiger partial charge in [-0.1, -0.05) is 254 Å². The lowest BCUT2D eigenvalue weighted by Crippen LogP contribution is -2.40. The minimum atomic E-state index is -1.52. The molecule has 0 rings (SSSR count). The summed E-state index contributed by atoms with van der Waals surface area (Å²) >= 11 is 0. The van der Waals surface area contributed by atoms with E-state index >= 15 is 0 Å². The molecule has 73 heavy (non-hydrogen) atoms. The number of nitrogens with zero attached hydrogens (tertiary/aromatic N) is 1. The van der Waals surface area contributed by atoms with E-state index in [0.717, 1.165) is 70.6 Å². The number of carbonyl (C=O) groups is 3. The molecule has 0 heterocycles. The highest BCUT2D eigenvalue weighted by molar-refractivity contribution is 5.71. The third-order valence-electron chi connectivity index (χ3n) is 13.0. The van der Waals surface area contributed by atoms with Gasteiger partial charge in [-0.15, -0.1) is 0 Å². The molecule has 9 nitrogen and oxygen atoms in total. The molecule has 0 saturated heterocycles. The Labute approximate surface area is 449 Å². The van der Waals surface area contributed by atoms with Gasteiger partial charge in [0.25, 0.3) is 6.29 Å². The van der Waals surface area contributed by atoms with Gasteiger partial charge in [0.2, 0.25) is 0 Å². The average molecular weight is 1030 g/mol. The molecule has 0 aliphatic heterocycles. The minimum Gasteiger partial charge on any atom is -0.477 e. The number of rotatable bonds is 55. The highest BCUT2D eigenvalue weighted by atomic mass is 16.7. The Bertz CT molecular complexity index is 1420. The maximum absolute atomic E-state index is 12.9. The van der Waals surface area contributed by atoms with Crippen LogP contribution in [0.25, 0.3) is 0 Å². The van der Waals surface area contributed by atoms with Gasteiger partial charge in [0.15, 0.2) is 6.10 Å². The number of hydrogen-bond donors (Lipinski definition) is 1. The number of likely N-dealkylation sites (N-methyl/N-ethyl adjacent to an activating group) is 1. The summed E-state index contributed by atoms with van der Waals surface area (Å²) < 4.78 is 22.8. The summed E-state index contributed by atoms with van der Waals surface area (Å²) in [5, 5.41) is 9.70. The number of ether oxygens (including phenoxy) is 4. The number of hydrogen-bond acceptors (Lipinski definition) is 7. The first-order valence-electron chi connectivity index (χ1n) is 30.1. The van der Waals surface area contributed by atoms with Crippen LogP contribution < -0.4 is 0 Å². The molecule has 0 fully saturated rings. The van der Waals surface area contributed by atoms with E-state index in [4.69, 9.17) is 18.9 Å². The van der Waals surface area contributed by atoms with Crippen molar-refractivity contribution < 1.29 is 42.9 Å². The van der Waals surface area contributed by atoms with Crippen molar-refractivity contribution in [1.82, 2.24) is 0 Å². The van der Waals surface area contributed by atoms with Crippen molar-refractivity contribution in [2.75, 3.05) is 47.5 Å². The zero-order chi connectivity index (χ0) is 53.4. The summed E-state index contributed by atoms with van der Waals surface area (Å²) in [7, 11) is 5.95. The van der Waals surface area contributed by atoms with Gasteiger partial charge in [0.1, 0.15) is 13.2 Å². The van der Waals surface area contributed by atoms with Crippen LogP contribution in [0.1, 0.15) is 258 Å². The molecule has 0 aromatic heterocycles. The molecule has 0 spiro atoms. The van der Waals surface area contributed by atoms with E-state index in [0.29, 0.717) is 23.9 Å². The number of unbranched alkanes of at least 4 members (excludes halogenated alkanes) is 28. The molecule has 422 valence electrons. The number of allylic oxidation sites excluding steroid dienone is 12. The van der Waals surface area contributed by atoms with Crippen LogP contribution in [0.3, 0.4) is 0 Å². The molecule has 0 aromatic carbocycles. The molecule has 0 aromatic rings. The van der Waals surface area contributed by atoms with Gasteiger partial charge in [-0.2, -0.15) is 0 Å². The standard InChI is InChI=1S/C64H113NO8/c1-6-8-10-12-14-16-18-20-22-24-26-28-29-30-31-32-33-35-36-38-40-42-44-46-48-50-52-54-61(66)71-58-60(59-72-64(63(68)69)70-57-56-65(3,4)5)73-62(67)55-53-51-49-47-45-43-41-39-37-34-27-25-23-21-19-17-15-13-11-9-7-2/h9,11,15,17,21,23,27,34,39,41,45,47,60,64H,6-8,10,12-14,16,18-20,22,24-26,28-33,35-38,40,42-44,46,48-59H2,1-5H3/p+1/b11-9-,17-15-,23-21-,34-27-,41-39-,47-45-. The van der Waals surface area contributed by atoms with Gasteiger partial charge in [0, 0.05) is 12.8 Å². The summed E-state index contributed by atoms with van der Waals surface area (Å²) in [6.45, 7) is 4.74. The first kappa shape index (κ1) is 69.7. The maximum Gasteiger partial charge on any atom is 0.361 e. The van der Waals surface area contributed by atoms with Crippen molar-refractivity contribution in [2.45, 2.75) is 270 Å². The lowest BCUT2D eigenvalue weighted by molar-refractivity contribution is -0.870. The van der Waals surface area contributed by atoms with Gasteiger partial charge in [0.05, 0.1) is 34.4 Å². The van der Waals surface area contributed by atoms with E-state index in [1.165, 1.54) is 154 Å². The Hall–Kier alpha value is -3.27. The second-order valence-corrected chi connectivity index (χ2v) is 21.3. The van der Waals surface area contributed by atoms with E-state index in [1.54, 1.807) is 0 Å². The number of aliphatic carboxylic acids is 1. The SMILES string of the molecule is CC/C=C\C/C=C\C/C=C\C/C=C\C/C=C\C/C=C\CCCCC(=O)OC(COC(=O)CCCCCCCCCCCCCCCCCCCCCCCCCCCCC)COC(OCC[N+](C)(C)C)C(=O)O. The zero-order valence-corrected chi connectivity index (χ0v) is 48.0. The first-order valence-corrected chi connectivity index (χ1v) is 30.1. The van der Waals surface area contributed by atoms with Crippen molar-refractivity contribution in [1.29, 1.82) is 0 Å². The highest BCUT2D eigenvalue weighted by Crippen LogP contribution is 2.17. The lowest BCUT2D eigenvalue weighted by Gasteiger charge is -2.25.